The minimum absolute atomic E-state index is 0.100. The van der Waals surface area contributed by atoms with Gasteiger partial charge in [-0.25, -0.2) is 0 Å². The predicted octanol–water partition coefficient (Wildman–Crippen LogP) is 3.75. The number of nitrogens with zero attached hydrogens (tertiary/aromatic N) is 1. The van der Waals surface area contributed by atoms with Crippen molar-refractivity contribution in [1.82, 2.24) is 4.90 Å². The topological polar surface area (TPSA) is 20.3 Å². The molecule has 1 aliphatic rings. The van der Waals surface area contributed by atoms with Crippen molar-refractivity contribution in [2.24, 2.45) is 5.92 Å². The third-order valence-electron chi connectivity index (χ3n) is 2.95. The molecule has 1 fully saturated rings. The summed E-state index contributed by atoms with van der Waals surface area (Å²) in [6, 6.07) is 5.82. The van der Waals surface area contributed by atoms with Crippen LogP contribution >= 0.6 is 50.1 Å². The smallest absolute Gasteiger partial charge is 0.255 e. The summed E-state index contributed by atoms with van der Waals surface area (Å²) in [5, 5.41) is 0. The molecule has 2 nitrogen and oxygen atoms in total. The van der Waals surface area contributed by atoms with E-state index in [0.717, 1.165) is 33.1 Å². The van der Waals surface area contributed by atoms with Gasteiger partial charge in [-0.2, -0.15) is 0 Å². The van der Waals surface area contributed by atoms with Gasteiger partial charge in [0.25, 0.3) is 5.91 Å². The number of likely N-dealkylation sites (tertiary alicyclic amines) is 1. The van der Waals surface area contributed by atoms with Crippen molar-refractivity contribution in [2.75, 3.05) is 19.0 Å². The van der Waals surface area contributed by atoms with Crippen LogP contribution in [0.3, 0.4) is 0 Å². The molecule has 0 saturated carbocycles. The Balaban J connectivity index is 2.17. The van der Waals surface area contributed by atoms with E-state index in [1.165, 1.54) is 0 Å². The molecule has 1 atom stereocenters. The molecule has 1 amide bonds. The first-order chi connectivity index (χ1) is 8.11. The zero-order valence-corrected chi connectivity index (χ0v) is 13.6. The van der Waals surface area contributed by atoms with Crippen LogP contribution in [-0.2, 0) is 0 Å². The zero-order chi connectivity index (χ0) is 12.4. The summed E-state index contributed by atoms with van der Waals surface area (Å²) >= 11 is 11.5. The Hall–Kier alpha value is 0.190. The van der Waals surface area contributed by atoms with Gasteiger partial charge in [-0.1, -0.05) is 0 Å². The fourth-order valence-corrected chi connectivity index (χ4v) is 3.13. The van der Waals surface area contributed by atoms with E-state index in [-0.39, 0.29) is 5.91 Å². The van der Waals surface area contributed by atoms with Crippen LogP contribution in [0.2, 0.25) is 0 Å². The molecule has 5 heteroatoms. The predicted molar refractivity (Wildman–Crippen MR) is 81.6 cm³/mol. The van der Waals surface area contributed by atoms with Crippen LogP contribution in [0.1, 0.15) is 16.8 Å². The molecule has 92 valence electrons. The second-order valence-electron chi connectivity index (χ2n) is 4.18. The van der Waals surface area contributed by atoms with Gasteiger partial charge < -0.3 is 4.90 Å². The van der Waals surface area contributed by atoms with Gasteiger partial charge in [0.05, 0.1) is 5.56 Å². The Morgan fingerprint density at radius 3 is 3.00 bits per heavy atom. The van der Waals surface area contributed by atoms with Crippen molar-refractivity contribution in [3.63, 3.8) is 0 Å². The van der Waals surface area contributed by atoms with E-state index < -0.39 is 0 Å². The first-order valence-corrected chi connectivity index (χ1v) is 7.82. The Labute approximate surface area is 128 Å². The highest BCUT2D eigenvalue weighted by Crippen LogP contribution is 2.24. The van der Waals surface area contributed by atoms with Crippen molar-refractivity contribution in [3.8, 4) is 0 Å². The molecule has 1 heterocycles. The van der Waals surface area contributed by atoms with E-state index in [4.69, 9.17) is 11.6 Å². The molecule has 1 aliphatic heterocycles. The summed E-state index contributed by atoms with van der Waals surface area (Å²) in [6.07, 6.45) is 1.01. The summed E-state index contributed by atoms with van der Waals surface area (Å²) in [5.74, 6) is 1.18. The third kappa shape index (κ3) is 3.15. The van der Waals surface area contributed by atoms with Crippen LogP contribution in [0.4, 0.5) is 0 Å². The van der Waals surface area contributed by atoms with Crippen molar-refractivity contribution < 1.29 is 4.79 Å². The van der Waals surface area contributed by atoms with Gasteiger partial charge in [0.2, 0.25) is 0 Å². The van der Waals surface area contributed by atoms with Gasteiger partial charge in [-0.05, 0) is 69.1 Å². The largest absolute Gasteiger partial charge is 0.338 e. The molecule has 0 radical (unpaired) electrons. The van der Waals surface area contributed by atoms with Gasteiger partial charge >= 0.3 is 0 Å². The molecule has 0 spiro atoms. The van der Waals surface area contributed by atoms with E-state index in [0.29, 0.717) is 11.8 Å². The SMILES string of the molecule is O=C(c1cc(I)ccc1Br)N1CCC(CCl)C1. The number of benzene rings is 1. The summed E-state index contributed by atoms with van der Waals surface area (Å²) < 4.78 is 1.93. The van der Waals surface area contributed by atoms with E-state index >= 15 is 0 Å². The van der Waals surface area contributed by atoms with Crippen LogP contribution in [0.15, 0.2) is 22.7 Å². The normalized spacial score (nSPS) is 19.7. The van der Waals surface area contributed by atoms with Crippen LogP contribution in [0.5, 0.6) is 0 Å². The second-order valence-corrected chi connectivity index (χ2v) is 6.59. The number of halogens is 3. The molecule has 1 saturated heterocycles. The lowest BCUT2D eigenvalue weighted by atomic mass is 10.1. The molecule has 1 unspecified atom stereocenters. The number of rotatable bonds is 2. The summed E-state index contributed by atoms with van der Waals surface area (Å²) in [6.45, 7) is 1.59. The third-order valence-corrected chi connectivity index (χ3v) is 4.75. The summed E-state index contributed by atoms with van der Waals surface area (Å²) in [5.41, 5.74) is 0.743. The lowest BCUT2D eigenvalue weighted by molar-refractivity contribution is 0.0787. The summed E-state index contributed by atoms with van der Waals surface area (Å²) in [7, 11) is 0. The van der Waals surface area contributed by atoms with E-state index in [1.54, 1.807) is 0 Å². The molecule has 0 aromatic heterocycles. The quantitative estimate of drug-likeness (QED) is 0.519. The van der Waals surface area contributed by atoms with Crippen LogP contribution < -0.4 is 0 Å². The standard InChI is InChI=1S/C12H12BrClINO/c13-11-2-1-9(15)5-10(11)12(17)16-4-3-8(6-14)7-16/h1-2,5,8H,3-4,6-7H2. The number of carbonyl (C=O) groups is 1. The van der Waals surface area contributed by atoms with Crippen molar-refractivity contribution in [3.05, 3.63) is 31.8 Å². The Kier molecular flexibility index (Phi) is 4.72. The molecule has 1 aromatic rings. The molecule has 2 rings (SSSR count). The minimum atomic E-state index is 0.100. The number of hydrogen-bond donors (Lipinski definition) is 0. The Morgan fingerprint density at radius 2 is 2.35 bits per heavy atom. The molecular weight excluding hydrogens is 416 g/mol. The average molecular weight is 428 g/mol. The van der Waals surface area contributed by atoms with Crippen LogP contribution in [0.25, 0.3) is 0 Å². The lowest BCUT2D eigenvalue weighted by Gasteiger charge is -2.17. The molecular formula is C12H12BrClINO. The first kappa shape index (κ1) is 13.6. The fraction of sp³-hybridized carbons (Fsp3) is 0.417. The minimum Gasteiger partial charge on any atom is -0.338 e. The Bertz CT molecular complexity index is 441. The van der Waals surface area contributed by atoms with Gasteiger partial charge in [0.1, 0.15) is 0 Å². The maximum Gasteiger partial charge on any atom is 0.255 e. The molecule has 0 bridgehead atoms. The van der Waals surface area contributed by atoms with Gasteiger partial charge in [-0.15, -0.1) is 11.6 Å². The lowest BCUT2D eigenvalue weighted by Crippen LogP contribution is -2.29. The zero-order valence-electron chi connectivity index (χ0n) is 9.13. The maximum atomic E-state index is 12.3. The van der Waals surface area contributed by atoms with E-state index in [9.17, 15) is 4.79 Å². The maximum absolute atomic E-state index is 12.3. The number of carbonyl (C=O) groups excluding carboxylic acids is 1. The molecule has 0 N–H and O–H groups in total. The Morgan fingerprint density at radius 1 is 1.59 bits per heavy atom. The summed E-state index contributed by atoms with van der Waals surface area (Å²) in [4.78, 5) is 14.2. The highest BCUT2D eigenvalue weighted by atomic mass is 127. The van der Waals surface area contributed by atoms with Gasteiger partial charge in [-0.3, -0.25) is 4.79 Å². The molecule has 0 aliphatic carbocycles. The van der Waals surface area contributed by atoms with Crippen molar-refractivity contribution >= 4 is 56.0 Å². The van der Waals surface area contributed by atoms with E-state index in [1.807, 2.05) is 23.1 Å². The number of hydrogen-bond acceptors (Lipinski definition) is 1. The first-order valence-electron chi connectivity index (χ1n) is 5.42. The van der Waals surface area contributed by atoms with Gasteiger partial charge in [0.15, 0.2) is 0 Å². The fourth-order valence-electron chi connectivity index (χ4n) is 1.97. The highest BCUT2D eigenvalue weighted by Gasteiger charge is 2.27. The monoisotopic (exact) mass is 427 g/mol. The highest BCUT2D eigenvalue weighted by molar-refractivity contribution is 14.1. The van der Waals surface area contributed by atoms with Gasteiger partial charge in [0, 0.05) is 27.0 Å². The van der Waals surface area contributed by atoms with E-state index in [2.05, 4.69) is 38.5 Å². The van der Waals surface area contributed by atoms with Crippen molar-refractivity contribution in [2.45, 2.75) is 6.42 Å². The van der Waals surface area contributed by atoms with Crippen LogP contribution in [0, 0.1) is 9.49 Å². The number of amides is 1. The molecule has 1 aromatic carbocycles. The molecule has 17 heavy (non-hydrogen) atoms. The average Bonchev–Trinajstić information content (AvgIpc) is 2.80. The number of alkyl halides is 1. The second kappa shape index (κ2) is 5.89. The van der Waals surface area contributed by atoms with Crippen LogP contribution in [-0.4, -0.2) is 29.8 Å². The van der Waals surface area contributed by atoms with Crippen molar-refractivity contribution in [1.29, 1.82) is 0 Å².